The van der Waals surface area contributed by atoms with Gasteiger partial charge in [-0.3, -0.25) is 4.79 Å². The van der Waals surface area contributed by atoms with Gasteiger partial charge in [-0.1, -0.05) is 12.1 Å². The molecule has 19 heavy (non-hydrogen) atoms. The van der Waals surface area contributed by atoms with E-state index < -0.39 is 0 Å². The van der Waals surface area contributed by atoms with Crippen LogP contribution in [0, 0.1) is 0 Å². The number of thiophene rings is 1. The number of ether oxygens (including phenoxy) is 2. The molecule has 3 nitrogen and oxygen atoms in total. The minimum absolute atomic E-state index is 0.0754. The van der Waals surface area contributed by atoms with Crippen LogP contribution in [0.3, 0.4) is 0 Å². The van der Waals surface area contributed by atoms with Crippen molar-refractivity contribution in [2.75, 3.05) is 20.3 Å². The van der Waals surface area contributed by atoms with Gasteiger partial charge >= 0.3 is 0 Å². The molecule has 0 aliphatic heterocycles. The van der Waals surface area contributed by atoms with Gasteiger partial charge in [-0.05, 0) is 34.5 Å². The highest BCUT2D eigenvalue weighted by Crippen LogP contribution is 2.20. The minimum atomic E-state index is 0.0754. The summed E-state index contributed by atoms with van der Waals surface area (Å²) in [5, 5.41) is 3.97. The van der Waals surface area contributed by atoms with Gasteiger partial charge in [-0.15, -0.1) is 0 Å². The molecule has 1 aromatic heterocycles. The number of methoxy groups -OCH3 is 1. The fourth-order valence-electron chi connectivity index (χ4n) is 1.73. The molecule has 0 aliphatic carbocycles. The van der Waals surface area contributed by atoms with E-state index in [4.69, 9.17) is 9.47 Å². The molecule has 0 N–H and O–H groups in total. The SMILES string of the molecule is COCCOc1ccccc1C(=O)Cc1ccsc1. The van der Waals surface area contributed by atoms with E-state index >= 15 is 0 Å². The number of hydrogen-bond donors (Lipinski definition) is 0. The molecule has 2 aromatic rings. The van der Waals surface area contributed by atoms with Crippen LogP contribution in [0.5, 0.6) is 5.75 Å². The van der Waals surface area contributed by atoms with Crippen molar-refractivity contribution < 1.29 is 14.3 Å². The zero-order chi connectivity index (χ0) is 13.5. The Morgan fingerprint density at radius 3 is 2.79 bits per heavy atom. The Morgan fingerprint density at radius 1 is 1.21 bits per heavy atom. The molecule has 0 radical (unpaired) electrons. The zero-order valence-electron chi connectivity index (χ0n) is 10.8. The van der Waals surface area contributed by atoms with Gasteiger partial charge in [0.2, 0.25) is 0 Å². The van der Waals surface area contributed by atoms with Gasteiger partial charge in [0, 0.05) is 13.5 Å². The van der Waals surface area contributed by atoms with Gasteiger partial charge in [-0.2, -0.15) is 11.3 Å². The van der Waals surface area contributed by atoms with Crippen LogP contribution in [0.1, 0.15) is 15.9 Å². The highest BCUT2D eigenvalue weighted by atomic mass is 32.1. The van der Waals surface area contributed by atoms with Crippen LogP contribution in [-0.4, -0.2) is 26.1 Å². The molecule has 0 fully saturated rings. The third kappa shape index (κ3) is 3.91. The van der Waals surface area contributed by atoms with Crippen LogP contribution in [0.15, 0.2) is 41.1 Å². The summed E-state index contributed by atoms with van der Waals surface area (Å²) in [6, 6.07) is 9.30. The van der Waals surface area contributed by atoms with Crippen LogP contribution < -0.4 is 4.74 Å². The minimum Gasteiger partial charge on any atom is -0.490 e. The number of ketones is 1. The van der Waals surface area contributed by atoms with Crippen LogP contribution in [0.25, 0.3) is 0 Å². The molecule has 1 aromatic carbocycles. The Hall–Kier alpha value is -1.65. The Labute approximate surface area is 116 Å². The van der Waals surface area contributed by atoms with Crippen molar-refractivity contribution in [1.82, 2.24) is 0 Å². The lowest BCUT2D eigenvalue weighted by Gasteiger charge is -2.10. The first-order valence-corrected chi connectivity index (χ1v) is 7.00. The smallest absolute Gasteiger partial charge is 0.170 e. The average molecular weight is 276 g/mol. The van der Waals surface area contributed by atoms with Crippen molar-refractivity contribution in [2.45, 2.75) is 6.42 Å². The normalized spacial score (nSPS) is 10.4. The van der Waals surface area contributed by atoms with Crippen molar-refractivity contribution in [1.29, 1.82) is 0 Å². The third-order valence-corrected chi connectivity index (χ3v) is 3.41. The Morgan fingerprint density at radius 2 is 2.05 bits per heavy atom. The number of benzene rings is 1. The Bertz CT molecular complexity index is 520. The van der Waals surface area contributed by atoms with Crippen molar-refractivity contribution in [3.8, 4) is 5.75 Å². The predicted molar refractivity (Wildman–Crippen MR) is 76.2 cm³/mol. The molecule has 100 valence electrons. The predicted octanol–water partition coefficient (Wildman–Crippen LogP) is 3.20. The molecule has 4 heteroatoms. The van der Waals surface area contributed by atoms with Crippen molar-refractivity contribution in [2.24, 2.45) is 0 Å². The van der Waals surface area contributed by atoms with Gasteiger partial charge in [-0.25, -0.2) is 0 Å². The van der Waals surface area contributed by atoms with E-state index in [0.717, 1.165) is 5.56 Å². The number of hydrogen-bond acceptors (Lipinski definition) is 4. The van der Waals surface area contributed by atoms with E-state index in [1.807, 2.05) is 35.0 Å². The first kappa shape index (κ1) is 13.8. The van der Waals surface area contributed by atoms with E-state index in [-0.39, 0.29) is 5.78 Å². The van der Waals surface area contributed by atoms with Crippen LogP contribution in [-0.2, 0) is 11.2 Å². The molecule has 0 spiro atoms. The maximum absolute atomic E-state index is 12.3. The second-order valence-corrected chi connectivity index (χ2v) is 4.85. The number of para-hydroxylation sites is 1. The third-order valence-electron chi connectivity index (χ3n) is 2.68. The fraction of sp³-hybridized carbons (Fsp3) is 0.267. The highest BCUT2D eigenvalue weighted by molar-refractivity contribution is 7.08. The van der Waals surface area contributed by atoms with Gasteiger partial charge in [0.1, 0.15) is 12.4 Å². The van der Waals surface area contributed by atoms with E-state index in [9.17, 15) is 4.79 Å². The second-order valence-electron chi connectivity index (χ2n) is 4.07. The quantitative estimate of drug-likeness (QED) is 0.575. The lowest BCUT2D eigenvalue weighted by atomic mass is 10.0. The fourth-order valence-corrected chi connectivity index (χ4v) is 2.40. The summed E-state index contributed by atoms with van der Waals surface area (Å²) in [7, 11) is 1.62. The largest absolute Gasteiger partial charge is 0.490 e. The van der Waals surface area contributed by atoms with Gasteiger partial charge in [0.15, 0.2) is 5.78 Å². The van der Waals surface area contributed by atoms with E-state index in [2.05, 4.69) is 0 Å². The monoisotopic (exact) mass is 276 g/mol. The van der Waals surface area contributed by atoms with E-state index in [0.29, 0.717) is 30.9 Å². The summed E-state index contributed by atoms with van der Waals surface area (Å²) in [5.74, 6) is 0.700. The molecule has 0 aliphatic rings. The zero-order valence-corrected chi connectivity index (χ0v) is 11.6. The number of carbonyl (C=O) groups excluding carboxylic acids is 1. The average Bonchev–Trinajstić information content (AvgIpc) is 2.92. The molecule has 0 saturated carbocycles. The topological polar surface area (TPSA) is 35.5 Å². The van der Waals surface area contributed by atoms with Crippen LogP contribution >= 0.6 is 11.3 Å². The Balaban J connectivity index is 2.07. The number of Topliss-reactive ketones (excluding diaryl/α,β-unsaturated/α-hetero) is 1. The highest BCUT2D eigenvalue weighted by Gasteiger charge is 2.12. The number of rotatable bonds is 7. The van der Waals surface area contributed by atoms with Crippen LogP contribution in [0.4, 0.5) is 0 Å². The summed E-state index contributed by atoms with van der Waals surface area (Å²) in [5.41, 5.74) is 1.67. The van der Waals surface area contributed by atoms with Crippen molar-refractivity contribution in [3.63, 3.8) is 0 Å². The summed E-state index contributed by atoms with van der Waals surface area (Å²) in [6.07, 6.45) is 0.411. The second kappa shape index (κ2) is 7.07. The summed E-state index contributed by atoms with van der Waals surface area (Å²) in [4.78, 5) is 12.3. The van der Waals surface area contributed by atoms with Gasteiger partial charge in [0.25, 0.3) is 0 Å². The molecule has 0 bridgehead atoms. The molecule has 0 unspecified atom stereocenters. The lowest BCUT2D eigenvalue weighted by Crippen LogP contribution is -2.09. The van der Waals surface area contributed by atoms with E-state index in [1.54, 1.807) is 24.5 Å². The summed E-state index contributed by atoms with van der Waals surface area (Å²) < 4.78 is 10.5. The molecule has 0 atom stereocenters. The summed E-state index contributed by atoms with van der Waals surface area (Å²) in [6.45, 7) is 0.951. The molecule has 0 amide bonds. The maximum atomic E-state index is 12.3. The van der Waals surface area contributed by atoms with Gasteiger partial charge in [0.05, 0.1) is 12.2 Å². The molecule has 1 heterocycles. The molecule has 0 saturated heterocycles. The number of carbonyl (C=O) groups is 1. The standard InChI is InChI=1S/C15H16O3S/c1-17-7-8-18-15-5-3-2-4-13(15)14(16)10-12-6-9-19-11-12/h2-6,9,11H,7-8,10H2,1H3. The molecular weight excluding hydrogens is 260 g/mol. The first-order valence-electron chi connectivity index (χ1n) is 6.06. The molecule has 2 rings (SSSR count). The Kier molecular flexibility index (Phi) is 5.12. The van der Waals surface area contributed by atoms with Crippen LogP contribution in [0.2, 0.25) is 0 Å². The molecular formula is C15H16O3S. The van der Waals surface area contributed by atoms with Crippen molar-refractivity contribution >= 4 is 17.1 Å². The lowest BCUT2D eigenvalue weighted by molar-refractivity contribution is 0.0985. The van der Waals surface area contributed by atoms with E-state index in [1.165, 1.54) is 0 Å². The maximum Gasteiger partial charge on any atom is 0.170 e. The summed E-state index contributed by atoms with van der Waals surface area (Å²) >= 11 is 1.60. The first-order chi connectivity index (χ1) is 9.31. The van der Waals surface area contributed by atoms with Crippen molar-refractivity contribution in [3.05, 3.63) is 52.2 Å². The van der Waals surface area contributed by atoms with Gasteiger partial charge < -0.3 is 9.47 Å².